The van der Waals surface area contributed by atoms with Gasteiger partial charge in [-0.25, -0.2) is 4.39 Å². The maximum Gasteiger partial charge on any atom is 0.266 e. The van der Waals surface area contributed by atoms with Gasteiger partial charge in [0.25, 0.3) is 5.91 Å². The third-order valence-corrected chi connectivity index (χ3v) is 4.83. The Bertz CT molecular complexity index is 1130. The summed E-state index contributed by atoms with van der Waals surface area (Å²) in [5, 5.41) is 11.9. The minimum absolute atomic E-state index is 0.0698. The van der Waals surface area contributed by atoms with Crippen molar-refractivity contribution < 1.29 is 13.9 Å². The molecule has 0 fully saturated rings. The number of nitrogens with zero attached hydrogens (tertiary/aromatic N) is 1. The van der Waals surface area contributed by atoms with Gasteiger partial charge in [0, 0.05) is 5.69 Å². The van der Waals surface area contributed by atoms with Crippen LogP contribution >= 0.6 is 15.9 Å². The Labute approximate surface area is 182 Å². The zero-order valence-electron chi connectivity index (χ0n) is 16.2. The van der Waals surface area contributed by atoms with E-state index in [1.807, 2.05) is 31.2 Å². The zero-order chi connectivity index (χ0) is 21.5. The smallest absolute Gasteiger partial charge is 0.266 e. The van der Waals surface area contributed by atoms with Gasteiger partial charge in [-0.05, 0) is 76.5 Å². The molecule has 0 bridgehead atoms. The van der Waals surface area contributed by atoms with Crippen molar-refractivity contribution in [3.8, 4) is 11.8 Å². The van der Waals surface area contributed by atoms with E-state index >= 15 is 0 Å². The fourth-order valence-corrected chi connectivity index (χ4v) is 3.24. The van der Waals surface area contributed by atoms with E-state index in [-0.39, 0.29) is 5.57 Å². The van der Waals surface area contributed by atoms with Gasteiger partial charge in [0.15, 0.2) is 0 Å². The molecule has 0 aliphatic heterocycles. The number of carbonyl (C=O) groups excluding carboxylic acids is 1. The number of aryl methyl sites for hydroxylation is 1. The van der Waals surface area contributed by atoms with Crippen molar-refractivity contribution in [2.45, 2.75) is 13.5 Å². The van der Waals surface area contributed by atoms with Crippen molar-refractivity contribution >= 4 is 33.6 Å². The number of hydrogen-bond acceptors (Lipinski definition) is 3. The molecule has 0 spiro atoms. The lowest BCUT2D eigenvalue weighted by Crippen LogP contribution is -2.13. The molecule has 0 radical (unpaired) electrons. The molecule has 0 atom stereocenters. The van der Waals surface area contributed by atoms with E-state index in [9.17, 15) is 14.4 Å². The molecule has 3 aromatic carbocycles. The molecular formula is C24H18BrFN2O2. The van der Waals surface area contributed by atoms with E-state index in [1.54, 1.807) is 18.2 Å². The molecule has 150 valence electrons. The number of hydrogen-bond donors (Lipinski definition) is 1. The van der Waals surface area contributed by atoms with E-state index in [4.69, 9.17) is 4.74 Å². The Balaban J connectivity index is 1.70. The summed E-state index contributed by atoms with van der Waals surface area (Å²) in [7, 11) is 0. The number of amides is 1. The Hall–Kier alpha value is -3.43. The fourth-order valence-electron chi connectivity index (χ4n) is 2.73. The highest BCUT2D eigenvalue weighted by atomic mass is 79.9. The first-order chi connectivity index (χ1) is 14.4. The second-order valence-electron chi connectivity index (χ2n) is 6.60. The molecule has 3 aromatic rings. The molecule has 3 rings (SSSR count). The van der Waals surface area contributed by atoms with Crippen LogP contribution in [0.4, 0.5) is 10.1 Å². The summed E-state index contributed by atoms with van der Waals surface area (Å²) in [6.07, 6.45) is 1.48. The van der Waals surface area contributed by atoms with Crippen LogP contribution in [-0.2, 0) is 11.4 Å². The molecule has 6 heteroatoms. The van der Waals surface area contributed by atoms with Crippen LogP contribution in [0.25, 0.3) is 6.08 Å². The monoisotopic (exact) mass is 464 g/mol. The van der Waals surface area contributed by atoms with Gasteiger partial charge in [-0.15, -0.1) is 0 Å². The topological polar surface area (TPSA) is 62.1 Å². The third kappa shape index (κ3) is 5.79. The van der Waals surface area contributed by atoms with Gasteiger partial charge in [0.2, 0.25) is 0 Å². The number of benzene rings is 3. The zero-order valence-corrected chi connectivity index (χ0v) is 17.7. The number of rotatable bonds is 6. The van der Waals surface area contributed by atoms with E-state index in [1.165, 1.54) is 35.9 Å². The van der Waals surface area contributed by atoms with Gasteiger partial charge in [0.05, 0.1) is 4.47 Å². The molecule has 1 amide bonds. The van der Waals surface area contributed by atoms with Crippen LogP contribution in [0.2, 0.25) is 0 Å². The van der Waals surface area contributed by atoms with Crippen LogP contribution in [0.5, 0.6) is 5.75 Å². The maximum absolute atomic E-state index is 13.0. The van der Waals surface area contributed by atoms with Crippen LogP contribution in [0, 0.1) is 24.1 Å². The summed E-state index contributed by atoms with van der Waals surface area (Å²) in [6, 6.07) is 20.6. The molecule has 0 saturated heterocycles. The highest BCUT2D eigenvalue weighted by molar-refractivity contribution is 9.10. The van der Waals surface area contributed by atoms with Crippen molar-refractivity contribution in [3.63, 3.8) is 0 Å². The van der Waals surface area contributed by atoms with E-state index < -0.39 is 11.7 Å². The summed E-state index contributed by atoms with van der Waals surface area (Å²) in [5.74, 6) is -0.318. The van der Waals surface area contributed by atoms with E-state index in [0.717, 1.165) is 5.56 Å². The van der Waals surface area contributed by atoms with Crippen molar-refractivity contribution in [2.75, 3.05) is 5.32 Å². The van der Waals surface area contributed by atoms with Crippen LogP contribution in [0.3, 0.4) is 0 Å². The van der Waals surface area contributed by atoms with Crippen LogP contribution in [-0.4, -0.2) is 5.91 Å². The standard InChI is InChI=1S/C24H18BrFN2O2/c1-16-3-2-4-18(11-16)15-30-23-10-5-17(13-22(23)25)12-19(14-27)24(29)28-21-8-6-20(26)7-9-21/h2-13H,15H2,1H3,(H,28,29)/b19-12+. The van der Waals surface area contributed by atoms with E-state index in [0.29, 0.717) is 28.1 Å². The molecule has 4 nitrogen and oxygen atoms in total. The average Bonchev–Trinajstić information content (AvgIpc) is 2.73. The first-order valence-corrected chi connectivity index (χ1v) is 9.90. The first-order valence-electron chi connectivity index (χ1n) is 9.11. The quantitative estimate of drug-likeness (QED) is 0.358. The predicted octanol–water partition coefficient (Wildman–Crippen LogP) is 6.02. The Morgan fingerprint density at radius 2 is 1.93 bits per heavy atom. The van der Waals surface area contributed by atoms with Crippen molar-refractivity contribution in [3.05, 3.63) is 99.3 Å². The number of halogens is 2. The average molecular weight is 465 g/mol. The van der Waals surface area contributed by atoms with Gasteiger partial charge in [0.1, 0.15) is 29.8 Å². The second-order valence-corrected chi connectivity index (χ2v) is 7.45. The van der Waals surface area contributed by atoms with Gasteiger partial charge in [-0.1, -0.05) is 35.9 Å². The summed E-state index contributed by atoms with van der Waals surface area (Å²) >= 11 is 3.47. The second kappa shape index (κ2) is 9.86. The van der Waals surface area contributed by atoms with Crippen LogP contribution in [0.1, 0.15) is 16.7 Å². The Kier molecular flexibility index (Phi) is 6.99. The van der Waals surface area contributed by atoms with Gasteiger partial charge >= 0.3 is 0 Å². The first kappa shape index (κ1) is 21.3. The van der Waals surface area contributed by atoms with E-state index in [2.05, 4.69) is 27.3 Å². The fraction of sp³-hybridized carbons (Fsp3) is 0.0833. The number of carbonyl (C=O) groups is 1. The highest BCUT2D eigenvalue weighted by Gasteiger charge is 2.11. The van der Waals surface area contributed by atoms with Crippen LogP contribution in [0.15, 0.2) is 76.8 Å². The third-order valence-electron chi connectivity index (χ3n) is 4.21. The number of nitriles is 1. The molecule has 30 heavy (non-hydrogen) atoms. The summed E-state index contributed by atoms with van der Waals surface area (Å²) in [6.45, 7) is 2.46. The lowest BCUT2D eigenvalue weighted by atomic mass is 10.1. The van der Waals surface area contributed by atoms with Crippen molar-refractivity contribution in [1.82, 2.24) is 0 Å². The SMILES string of the molecule is Cc1cccc(COc2ccc(/C=C(\C#N)C(=O)Nc3ccc(F)cc3)cc2Br)c1. The Morgan fingerprint density at radius 1 is 1.17 bits per heavy atom. The molecule has 0 heterocycles. The summed E-state index contributed by atoms with van der Waals surface area (Å²) in [4.78, 5) is 12.3. The molecular weight excluding hydrogens is 447 g/mol. The van der Waals surface area contributed by atoms with Crippen molar-refractivity contribution in [1.29, 1.82) is 5.26 Å². The molecule has 0 aliphatic rings. The largest absolute Gasteiger partial charge is 0.488 e. The number of anilines is 1. The number of nitrogens with one attached hydrogen (secondary N) is 1. The molecule has 1 N–H and O–H groups in total. The normalized spacial score (nSPS) is 10.9. The molecule has 0 unspecified atom stereocenters. The van der Waals surface area contributed by atoms with Gasteiger partial charge < -0.3 is 10.1 Å². The lowest BCUT2D eigenvalue weighted by molar-refractivity contribution is -0.112. The van der Waals surface area contributed by atoms with Gasteiger partial charge in [-0.3, -0.25) is 4.79 Å². The van der Waals surface area contributed by atoms with Crippen LogP contribution < -0.4 is 10.1 Å². The number of ether oxygens (including phenoxy) is 1. The lowest BCUT2D eigenvalue weighted by Gasteiger charge is -2.10. The molecule has 0 aromatic heterocycles. The summed E-state index contributed by atoms with van der Waals surface area (Å²) in [5.41, 5.74) is 3.23. The van der Waals surface area contributed by atoms with Crippen molar-refractivity contribution in [2.24, 2.45) is 0 Å². The minimum Gasteiger partial charge on any atom is -0.488 e. The Morgan fingerprint density at radius 3 is 2.60 bits per heavy atom. The van der Waals surface area contributed by atoms with Gasteiger partial charge in [-0.2, -0.15) is 5.26 Å². The highest BCUT2D eigenvalue weighted by Crippen LogP contribution is 2.28. The molecule has 0 saturated carbocycles. The minimum atomic E-state index is -0.569. The predicted molar refractivity (Wildman–Crippen MR) is 118 cm³/mol. The molecule has 0 aliphatic carbocycles. The summed E-state index contributed by atoms with van der Waals surface area (Å²) < 4.78 is 19.6. The maximum atomic E-state index is 13.0.